The van der Waals surface area contributed by atoms with Gasteiger partial charge in [-0.3, -0.25) is 19.3 Å². The van der Waals surface area contributed by atoms with Gasteiger partial charge in [0, 0.05) is 37.6 Å². The second-order valence-electron chi connectivity index (χ2n) is 6.71. The number of ether oxygens (including phenoxy) is 2. The first-order valence-corrected chi connectivity index (χ1v) is 10.0. The Morgan fingerprint density at radius 3 is 2.20 bits per heavy atom. The predicted octanol–water partition coefficient (Wildman–Crippen LogP) is 2.65. The van der Waals surface area contributed by atoms with Crippen LogP contribution in [0.15, 0.2) is 41.4 Å². The number of aromatic nitrogens is 1. The number of aryl methyl sites for hydroxylation is 1. The molecule has 0 unspecified atom stereocenters. The normalized spacial score (nSPS) is 14.6. The van der Waals surface area contributed by atoms with Crippen molar-refractivity contribution in [2.45, 2.75) is 12.8 Å². The lowest BCUT2D eigenvalue weighted by molar-refractivity contribution is -0.121. The van der Waals surface area contributed by atoms with Gasteiger partial charge >= 0.3 is 0 Å². The molecule has 1 aromatic heterocycles. The summed E-state index contributed by atoms with van der Waals surface area (Å²) >= 11 is 1.36. The molecule has 9 heteroatoms. The van der Waals surface area contributed by atoms with Gasteiger partial charge in [-0.15, -0.1) is 0 Å². The van der Waals surface area contributed by atoms with Crippen molar-refractivity contribution in [3.63, 3.8) is 0 Å². The molecular formula is C21H19N3O5S. The van der Waals surface area contributed by atoms with E-state index in [2.05, 4.69) is 4.99 Å². The molecule has 2 aromatic carbocycles. The van der Waals surface area contributed by atoms with Gasteiger partial charge in [-0.05, 0) is 24.3 Å². The minimum absolute atomic E-state index is 0.215. The van der Waals surface area contributed by atoms with Gasteiger partial charge in [0.25, 0.3) is 5.91 Å². The fourth-order valence-electron chi connectivity index (χ4n) is 3.33. The molecule has 0 N–H and O–H groups in total. The van der Waals surface area contributed by atoms with Crippen LogP contribution >= 0.6 is 11.3 Å². The highest BCUT2D eigenvalue weighted by atomic mass is 32.1. The topological polar surface area (TPSA) is 90.2 Å². The number of imide groups is 1. The van der Waals surface area contributed by atoms with Gasteiger partial charge in [0.05, 0.1) is 30.1 Å². The first-order chi connectivity index (χ1) is 14.4. The summed E-state index contributed by atoms with van der Waals surface area (Å²) in [6, 6.07) is 10.0. The lowest BCUT2D eigenvalue weighted by atomic mass is 10.2. The zero-order chi connectivity index (χ0) is 21.4. The molecule has 1 aliphatic rings. The lowest BCUT2D eigenvalue weighted by Crippen LogP contribution is -2.28. The molecule has 3 amide bonds. The Balaban J connectivity index is 1.67. The van der Waals surface area contributed by atoms with Gasteiger partial charge in [-0.1, -0.05) is 11.3 Å². The number of benzene rings is 2. The summed E-state index contributed by atoms with van der Waals surface area (Å²) in [4.78, 5) is 42.3. The number of carbonyl (C=O) groups excluding carboxylic acids is 3. The molecule has 0 aliphatic carbocycles. The van der Waals surface area contributed by atoms with E-state index < -0.39 is 5.91 Å². The van der Waals surface area contributed by atoms with E-state index in [1.807, 2.05) is 23.7 Å². The first-order valence-electron chi connectivity index (χ1n) is 9.19. The zero-order valence-corrected chi connectivity index (χ0v) is 17.5. The van der Waals surface area contributed by atoms with E-state index in [1.54, 1.807) is 38.5 Å². The summed E-state index contributed by atoms with van der Waals surface area (Å²) in [5.74, 6) is 0.324. The van der Waals surface area contributed by atoms with Crippen LogP contribution in [0.5, 0.6) is 11.5 Å². The molecule has 30 heavy (non-hydrogen) atoms. The van der Waals surface area contributed by atoms with Crippen LogP contribution in [0.25, 0.3) is 10.2 Å². The fraction of sp³-hybridized carbons (Fsp3) is 0.238. The molecule has 0 radical (unpaired) electrons. The van der Waals surface area contributed by atoms with Crippen molar-refractivity contribution in [2.24, 2.45) is 12.0 Å². The van der Waals surface area contributed by atoms with Crippen molar-refractivity contribution in [2.75, 3.05) is 19.1 Å². The van der Waals surface area contributed by atoms with Gasteiger partial charge < -0.3 is 14.0 Å². The quantitative estimate of drug-likeness (QED) is 0.600. The standard InChI is InChI=1S/C21H19N3O5S/c1-23-14-10-15(28-2)16(29-3)11-17(14)30-21(23)22-20(27)12-4-6-13(7-5-12)24-18(25)8-9-19(24)26/h4-7,10-11H,8-9H2,1-3H3. The smallest absolute Gasteiger partial charge is 0.279 e. The maximum Gasteiger partial charge on any atom is 0.279 e. The summed E-state index contributed by atoms with van der Waals surface area (Å²) in [5.41, 5.74) is 1.70. The highest BCUT2D eigenvalue weighted by Gasteiger charge is 2.30. The molecule has 154 valence electrons. The second kappa shape index (κ2) is 7.75. The fourth-order valence-corrected chi connectivity index (χ4v) is 4.36. The van der Waals surface area contributed by atoms with Crippen LogP contribution in [0, 0.1) is 0 Å². The maximum atomic E-state index is 12.7. The molecule has 1 aliphatic heterocycles. The first kappa shape index (κ1) is 19.8. The van der Waals surface area contributed by atoms with E-state index in [9.17, 15) is 14.4 Å². The summed E-state index contributed by atoms with van der Waals surface area (Å²) in [6.45, 7) is 0. The van der Waals surface area contributed by atoms with E-state index >= 15 is 0 Å². The molecule has 0 spiro atoms. The highest BCUT2D eigenvalue weighted by Crippen LogP contribution is 2.33. The number of amides is 3. The van der Waals surface area contributed by atoms with Gasteiger partial charge in [-0.2, -0.15) is 4.99 Å². The third kappa shape index (κ3) is 3.37. The second-order valence-corrected chi connectivity index (χ2v) is 7.71. The largest absolute Gasteiger partial charge is 0.493 e. The minimum atomic E-state index is -0.415. The van der Waals surface area contributed by atoms with E-state index in [1.165, 1.54) is 11.3 Å². The lowest BCUT2D eigenvalue weighted by Gasteiger charge is -2.13. The number of carbonyl (C=O) groups is 3. The van der Waals surface area contributed by atoms with E-state index in [0.29, 0.717) is 27.6 Å². The van der Waals surface area contributed by atoms with Crippen molar-refractivity contribution >= 4 is 45.0 Å². The number of thiazole rings is 1. The third-order valence-corrected chi connectivity index (χ3v) is 6.03. The maximum absolute atomic E-state index is 12.7. The Labute approximate surface area is 176 Å². The summed E-state index contributed by atoms with van der Waals surface area (Å²) in [6.07, 6.45) is 0.430. The summed E-state index contributed by atoms with van der Waals surface area (Å²) in [7, 11) is 4.96. The van der Waals surface area contributed by atoms with Gasteiger partial charge in [0.1, 0.15) is 0 Å². The van der Waals surface area contributed by atoms with Crippen molar-refractivity contribution in [3.05, 3.63) is 46.8 Å². The molecule has 1 fully saturated rings. The Hall–Kier alpha value is -3.46. The average molecular weight is 425 g/mol. The molecule has 3 aromatic rings. The van der Waals surface area contributed by atoms with Crippen LogP contribution in [-0.2, 0) is 16.6 Å². The third-order valence-electron chi connectivity index (χ3n) is 4.94. The molecule has 2 heterocycles. The van der Waals surface area contributed by atoms with Crippen molar-refractivity contribution in [1.82, 2.24) is 4.57 Å². The Morgan fingerprint density at radius 1 is 1.00 bits per heavy atom. The van der Waals surface area contributed by atoms with Crippen LogP contribution in [0.2, 0.25) is 0 Å². The molecular weight excluding hydrogens is 406 g/mol. The Kier molecular flexibility index (Phi) is 5.13. The molecule has 0 bridgehead atoms. The predicted molar refractivity (Wildman–Crippen MR) is 112 cm³/mol. The molecule has 4 rings (SSSR count). The molecule has 0 atom stereocenters. The Morgan fingerprint density at radius 2 is 1.60 bits per heavy atom. The highest BCUT2D eigenvalue weighted by molar-refractivity contribution is 7.16. The van der Waals surface area contributed by atoms with Crippen molar-refractivity contribution in [3.8, 4) is 11.5 Å². The number of fused-ring (bicyclic) bond motifs is 1. The number of anilines is 1. The van der Waals surface area contributed by atoms with Gasteiger partial charge in [0.2, 0.25) is 11.8 Å². The monoisotopic (exact) mass is 425 g/mol. The molecule has 0 saturated carbocycles. The average Bonchev–Trinajstić information content (AvgIpc) is 3.25. The Bertz CT molecular complexity index is 1220. The number of methoxy groups -OCH3 is 2. The van der Waals surface area contributed by atoms with Gasteiger partial charge in [0.15, 0.2) is 16.3 Å². The number of nitrogens with zero attached hydrogens (tertiary/aromatic N) is 3. The molecule has 1 saturated heterocycles. The van der Waals surface area contributed by atoms with Crippen LogP contribution in [0.4, 0.5) is 5.69 Å². The van der Waals surface area contributed by atoms with Crippen LogP contribution in [0.3, 0.4) is 0 Å². The number of hydrogen-bond donors (Lipinski definition) is 0. The number of rotatable bonds is 4. The van der Waals surface area contributed by atoms with Crippen molar-refractivity contribution in [1.29, 1.82) is 0 Å². The minimum Gasteiger partial charge on any atom is -0.493 e. The van der Waals surface area contributed by atoms with E-state index in [0.717, 1.165) is 15.1 Å². The van der Waals surface area contributed by atoms with E-state index in [-0.39, 0.29) is 24.7 Å². The van der Waals surface area contributed by atoms with Gasteiger partial charge in [-0.25, -0.2) is 0 Å². The van der Waals surface area contributed by atoms with Crippen molar-refractivity contribution < 1.29 is 23.9 Å². The van der Waals surface area contributed by atoms with Crippen LogP contribution in [-0.4, -0.2) is 36.5 Å². The zero-order valence-electron chi connectivity index (χ0n) is 16.7. The summed E-state index contributed by atoms with van der Waals surface area (Å²) in [5, 5.41) is 0. The van der Waals surface area contributed by atoms with Crippen LogP contribution in [0.1, 0.15) is 23.2 Å². The SMILES string of the molecule is COc1cc2sc(=NC(=O)c3ccc(N4C(=O)CCC4=O)cc3)n(C)c2cc1OC. The number of hydrogen-bond acceptors (Lipinski definition) is 6. The van der Waals surface area contributed by atoms with Crippen LogP contribution < -0.4 is 19.2 Å². The van der Waals surface area contributed by atoms with E-state index in [4.69, 9.17) is 9.47 Å². The molecule has 8 nitrogen and oxygen atoms in total. The summed E-state index contributed by atoms with van der Waals surface area (Å²) < 4.78 is 13.4.